The molecule has 0 fully saturated rings. The lowest BCUT2D eigenvalue weighted by Gasteiger charge is -2.16. The minimum absolute atomic E-state index is 0.0846. The number of anilines is 2. The second-order valence-corrected chi connectivity index (χ2v) is 7.71. The fourth-order valence-corrected chi connectivity index (χ4v) is 4.19. The van der Waals surface area contributed by atoms with Crippen LogP contribution in [0.25, 0.3) is 21.8 Å². The Kier molecular flexibility index (Phi) is 5.31. The van der Waals surface area contributed by atoms with E-state index in [0.717, 1.165) is 46.0 Å². The van der Waals surface area contributed by atoms with Gasteiger partial charge in [0.15, 0.2) is 0 Å². The van der Waals surface area contributed by atoms with Crippen LogP contribution in [0, 0.1) is 0 Å². The lowest BCUT2D eigenvalue weighted by atomic mass is 9.87. The summed E-state index contributed by atoms with van der Waals surface area (Å²) in [5.41, 5.74) is 6.06. The van der Waals surface area contributed by atoms with Crippen molar-refractivity contribution >= 4 is 45.0 Å². The van der Waals surface area contributed by atoms with Crippen LogP contribution in [0.4, 0.5) is 11.4 Å². The van der Waals surface area contributed by atoms with Crippen molar-refractivity contribution in [3.8, 4) is 0 Å². The van der Waals surface area contributed by atoms with Gasteiger partial charge in [-0.15, -0.1) is 0 Å². The predicted octanol–water partition coefficient (Wildman–Crippen LogP) is 5.50. The molecule has 6 heteroatoms. The van der Waals surface area contributed by atoms with E-state index >= 15 is 0 Å². The zero-order valence-corrected chi connectivity index (χ0v) is 17.4. The maximum atomic E-state index is 11.5. The van der Waals surface area contributed by atoms with Crippen LogP contribution >= 0.6 is 0 Å². The van der Waals surface area contributed by atoms with Crippen LogP contribution in [-0.2, 0) is 9.59 Å². The van der Waals surface area contributed by atoms with Crippen molar-refractivity contribution in [3.63, 3.8) is 0 Å². The van der Waals surface area contributed by atoms with Gasteiger partial charge in [-0.3, -0.25) is 9.59 Å². The van der Waals surface area contributed by atoms with Crippen molar-refractivity contribution in [2.24, 2.45) is 0 Å². The number of H-pyrrole nitrogens is 2. The fourth-order valence-electron chi connectivity index (χ4n) is 4.19. The highest BCUT2D eigenvalue weighted by atomic mass is 16.2. The molecule has 0 aliphatic heterocycles. The van der Waals surface area contributed by atoms with Gasteiger partial charge in [-0.1, -0.05) is 13.3 Å². The standard InChI is InChI=1S/C24H26N4O2/c1-4-5-18(21-12-25-23-8-6-16(10-19(21)23)27-14(2)29)22-13-26-24-9-7-17(11-20(22)24)28-15(3)30/h6-13,18,25-26H,4-5H2,1-3H3,(H,27,29)(H,28,30). The number of aromatic amines is 2. The van der Waals surface area contributed by atoms with Crippen molar-refractivity contribution in [2.75, 3.05) is 10.6 Å². The summed E-state index contributed by atoms with van der Waals surface area (Å²) in [6.07, 6.45) is 6.15. The van der Waals surface area contributed by atoms with Crippen LogP contribution in [0.5, 0.6) is 0 Å². The van der Waals surface area contributed by atoms with E-state index in [9.17, 15) is 9.59 Å². The average Bonchev–Trinajstić information content (AvgIpc) is 3.29. The van der Waals surface area contributed by atoms with E-state index in [1.54, 1.807) is 0 Å². The summed E-state index contributed by atoms with van der Waals surface area (Å²) >= 11 is 0. The number of hydrogen-bond acceptors (Lipinski definition) is 2. The van der Waals surface area contributed by atoms with E-state index in [2.05, 4.69) is 39.9 Å². The first-order valence-corrected chi connectivity index (χ1v) is 10.2. The van der Waals surface area contributed by atoms with Gasteiger partial charge in [0.1, 0.15) is 0 Å². The van der Waals surface area contributed by atoms with Crippen molar-refractivity contribution in [2.45, 2.75) is 39.5 Å². The Labute approximate surface area is 175 Å². The number of nitrogens with one attached hydrogen (secondary N) is 4. The van der Waals surface area contributed by atoms with Crippen LogP contribution < -0.4 is 10.6 Å². The highest BCUT2D eigenvalue weighted by Gasteiger charge is 2.21. The van der Waals surface area contributed by atoms with Gasteiger partial charge < -0.3 is 20.6 Å². The smallest absolute Gasteiger partial charge is 0.221 e. The van der Waals surface area contributed by atoms with Crippen LogP contribution in [0.2, 0.25) is 0 Å². The second kappa shape index (κ2) is 8.06. The molecule has 0 spiro atoms. The van der Waals surface area contributed by atoms with Gasteiger partial charge in [0.05, 0.1) is 0 Å². The van der Waals surface area contributed by atoms with Crippen LogP contribution in [-0.4, -0.2) is 21.8 Å². The Morgan fingerprint density at radius 1 is 0.833 bits per heavy atom. The van der Waals surface area contributed by atoms with E-state index in [1.165, 1.54) is 25.0 Å². The number of aromatic nitrogens is 2. The molecule has 0 unspecified atom stereocenters. The molecule has 4 N–H and O–H groups in total. The van der Waals surface area contributed by atoms with Crippen molar-refractivity contribution in [3.05, 3.63) is 59.9 Å². The van der Waals surface area contributed by atoms with E-state index in [-0.39, 0.29) is 17.7 Å². The molecule has 0 saturated heterocycles. The van der Waals surface area contributed by atoms with Gasteiger partial charge in [-0.25, -0.2) is 0 Å². The van der Waals surface area contributed by atoms with E-state index in [0.29, 0.717) is 0 Å². The number of carbonyl (C=O) groups excluding carboxylic acids is 2. The number of amides is 2. The van der Waals surface area contributed by atoms with Gasteiger partial charge in [0.2, 0.25) is 11.8 Å². The zero-order valence-electron chi connectivity index (χ0n) is 17.4. The molecule has 2 amide bonds. The van der Waals surface area contributed by atoms with Gasteiger partial charge in [0, 0.05) is 65.3 Å². The van der Waals surface area contributed by atoms with Crippen LogP contribution in [0.1, 0.15) is 50.7 Å². The van der Waals surface area contributed by atoms with Crippen molar-refractivity contribution < 1.29 is 9.59 Å². The first-order valence-electron chi connectivity index (χ1n) is 10.2. The summed E-state index contributed by atoms with van der Waals surface area (Å²) in [4.78, 5) is 29.7. The lowest BCUT2D eigenvalue weighted by molar-refractivity contribution is -0.115. The largest absolute Gasteiger partial charge is 0.361 e. The third kappa shape index (κ3) is 3.81. The molecule has 0 bridgehead atoms. The lowest BCUT2D eigenvalue weighted by Crippen LogP contribution is -2.06. The monoisotopic (exact) mass is 402 g/mol. The van der Waals surface area contributed by atoms with Gasteiger partial charge in [0.25, 0.3) is 0 Å². The summed E-state index contributed by atoms with van der Waals surface area (Å²) in [7, 11) is 0. The Morgan fingerprint density at radius 3 is 1.70 bits per heavy atom. The molecular formula is C24H26N4O2. The second-order valence-electron chi connectivity index (χ2n) is 7.71. The first-order chi connectivity index (χ1) is 14.5. The molecule has 2 aromatic heterocycles. The van der Waals surface area contributed by atoms with Crippen molar-refractivity contribution in [1.29, 1.82) is 0 Å². The first kappa shape index (κ1) is 19.8. The molecule has 154 valence electrons. The quantitative estimate of drug-likeness (QED) is 0.343. The Hall–Kier alpha value is -3.54. The molecule has 30 heavy (non-hydrogen) atoms. The topological polar surface area (TPSA) is 89.8 Å². The molecule has 0 saturated carbocycles. The molecule has 4 rings (SSSR count). The summed E-state index contributed by atoms with van der Waals surface area (Å²) in [5, 5.41) is 7.96. The minimum Gasteiger partial charge on any atom is -0.361 e. The highest BCUT2D eigenvalue weighted by Crippen LogP contribution is 2.39. The van der Waals surface area contributed by atoms with Crippen LogP contribution in [0.3, 0.4) is 0 Å². The molecule has 0 radical (unpaired) electrons. The summed E-state index contributed by atoms with van der Waals surface area (Å²) in [6, 6.07) is 11.9. The number of benzene rings is 2. The summed E-state index contributed by atoms with van der Waals surface area (Å²) < 4.78 is 0. The number of rotatable bonds is 6. The molecule has 6 nitrogen and oxygen atoms in total. The Bertz CT molecular complexity index is 1140. The maximum absolute atomic E-state index is 11.5. The van der Waals surface area contributed by atoms with Gasteiger partial charge in [-0.2, -0.15) is 0 Å². The van der Waals surface area contributed by atoms with Gasteiger partial charge in [-0.05, 0) is 53.9 Å². The molecule has 0 aliphatic carbocycles. The van der Waals surface area contributed by atoms with E-state index in [4.69, 9.17) is 0 Å². The third-order valence-electron chi connectivity index (χ3n) is 5.40. The van der Waals surface area contributed by atoms with Gasteiger partial charge >= 0.3 is 0 Å². The molecule has 0 atom stereocenters. The van der Waals surface area contributed by atoms with E-state index < -0.39 is 0 Å². The number of hydrogen-bond donors (Lipinski definition) is 4. The molecule has 2 heterocycles. The molecule has 0 aliphatic rings. The maximum Gasteiger partial charge on any atom is 0.221 e. The average molecular weight is 402 g/mol. The molecule has 4 aromatic rings. The Balaban J connectivity index is 1.83. The molecular weight excluding hydrogens is 376 g/mol. The minimum atomic E-state index is -0.0846. The summed E-state index contributed by atoms with van der Waals surface area (Å²) in [5.74, 6) is 0.00926. The predicted molar refractivity (Wildman–Crippen MR) is 122 cm³/mol. The van der Waals surface area contributed by atoms with E-state index in [1.807, 2.05) is 36.4 Å². The summed E-state index contributed by atoms with van der Waals surface area (Å²) in [6.45, 7) is 5.21. The number of fused-ring (bicyclic) bond motifs is 2. The normalized spacial score (nSPS) is 11.3. The SMILES string of the molecule is CCCC(c1c[nH]c2ccc(NC(C)=O)cc12)c1c[nH]c2ccc(NC(C)=O)cc12. The fraction of sp³-hybridized carbons (Fsp3) is 0.250. The highest BCUT2D eigenvalue weighted by molar-refractivity contribution is 5.96. The number of carbonyl (C=O) groups is 2. The van der Waals surface area contributed by atoms with Crippen LogP contribution in [0.15, 0.2) is 48.8 Å². The molecule has 2 aromatic carbocycles. The Morgan fingerprint density at radius 2 is 1.30 bits per heavy atom. The van der Waals surface area contributed by atoms with Crippen molar-refractivity contribution in [1.82, 2.24) is 9.97 Å². The third-order valence-corrected chi connectivity index (χ3v) is 5.40. The zero-order chi connectivity index (χ0) is 21.3.